The lowest BCUT2D eigenvalue weighted by atomic mass is 10.0. The molecule has 1 aliphatic rings. The van der Waals surface area contributed by atoms with Crippen LogP contribution < -0.4 is 10.1 Å². The van der Waals surface area contributed by atoms with Gasteiger partial charge in [-0.05, 0) is 57.5 Å². The first-order valence-corrected chi connectivity index (χ1v) is 8.16. The first-order valence-electron chi connectivity index (χ1n) is 8.16. The highest BCUT2D eigenvalue weighted by Gasteiger charge is 2.18. The summed E-state index contributed by atoms with van der Waals surface area (Å²) in [6.45, 7) is 4.35. The van der Waals surface area contributed by atoms with Gasteiger partial charge in [0.25, 0.3) is 0 Å². The molecule has 0 saturated heterocycles. The molecule has 0 heterocycles. The predicted molar refractivity (Wildman–Crippen MR) is 88.8 cm³/mol. The number of nitrogens with one attached hydrogen (secondary N) is 1. The molecule has 1 unspecified atom stereocenters. The van der Waals surface area contributed by atoms with Crippen LogP contribution in [0, 0.1) is 5.92 Å². The summed E-state index contributed by atoms with van der Waals surface area (Å²) in [5.41, 5.74) is 2.61. The fourth-order valence-electron chi connectivity index (χ4n) is 3.35. The van der Waals surface area contributed by atoms with Crippen LogP contribution in [0.25, 0.3) is 0 Å². The Morgan fingerprint density at radius 3 is 2.67 bits per heavy atom. The fourth-order valence-corrected chi connectivity index (χ4v) is 3.35. The van der Waals surface area contributed by atoms with Gasteiger partial charge in [-0.1, -0.05) is 18.9 Å². The second kappa shape index (κ2) is 7.81. The monoisotopic (exact) mass is 290 g/mol. The van der Waals surface area contributed by atoms with E-state index in [0.717, 1.165) is 18.2 Å². The van der Waals surface area contributed by atoms with Crippen LogP contribution in [0.3, 0.4) is 0 Å². The standard InChI is InChI=1S/C18H30N2O/c1-14(19-2)16-9-10-18(21-4)17(11-16)13-20(3)12-15-7-5-6-8-15/h9-11,14-15,19H,5-8,12-13H2,1-4H3. The zero-order chi connectivity index (χ0) is 15.2. The van der Waals surface area contributed by atoms with Crippen LogP contribution >= 0.6 is 0 Å². The normalized spacial score (nSPS) is 17.4. The van der Waals surface area contributed by atoms with E-state index in [1.54, 1.807) is 7.11 Å². The molecular weight excluding hydrogens is 260 g/mol. The summed E-state index contributed by atoms with van der Waals surface area (Å²) < 4.78 is 5.54. The van der Waals surface area contributed by atoms with E-state index in [1.165, 1.54) is 43.4 Å². The molecule has 21 heavy (non-hydrogen) atoms. The van der Waals surface area contributed by atoms with Crippen molar-refractivity contribution in [2.45, 2.75) is 45.2 Å². The van der Waals surface area contributed by atoms with E-state index in [0.29, 0.717) is 6.04 Å². The lowest BCUT2D eigenvalue weighted by Gasteiger charge is -2.23. The quantitative estimate of drug-likeness (QED) is 0.830. The van der Waals surface area contributed by atoms with E-state index in [9.17, 15) is 0 Å². The fraction of sp³-hybridized carbons (Fsp3) is 0.667. The van der Waals surface area contributed by atoms with Gasteiger partial charge in [0.05, 0.1) is 7.11 Å². The number of methoxy groups -OCH3 is 1. The Labute approximate surface area is 129 Å². The van der Waals surface area contributed by atoms with Crippen molar-refractivity contribution in [3.63, 3.8) is 0 Å². The molecule has 118 valence electrons. The molecule has 1 aliphatic carbocycles. The molecule has 0 bridgehead atoms. The van der Waals surface area contributed by atoms with Crippen molar-refractivity contribution in [1.82, 2.24) is 10.2 Å². The topological polar surface area (TPSA) is 24.5 Å². The van der Waals surface area contributed by atoms with Gasteiger partial charge >= 0.3 is 0 Å². The van der Waals surface area contributed by atoms with Gasteiger partial charge in [0, 0.05) is 24.7 Å². The maximum absolute atomic E-state index is 5.54. The van der Waals surface area contributed by atoms with Crippen molar-refractivity contribution in [2.24, 2.45) is 5.92 Å². The average Bonchev–Trinajstić information content (AvgIpc) is 2.99. The van der Waals surface area contributed by atoms with Gasteiger partial charge in [-0.25, -0.2) is 0 Å². The molecule has 1 aromatic rings. The third-order valence-electron chi connectivity index (χ3n) is 4.72. The highest BCUT2D eigenvalue weighted by Crippen LogP contribution is 2.27. The van der Waals surface area contributed by atoms with Gasteiger partial charge in [-0.2, -0.15) is 0 Å². The number of benzene rings is 1. The Balaban J connectivity index is 2.05. The summed E-state index contributed by atoms with van der Waals surface area (Å²) >= 11 is 0. The molecule has 1 N–H and O–H groups in total. The number of hydrogen-bond acceptors (Lipinski definition) is 3. The third-order valence-corrected chi connectivity index (χ3v) is 4.72. The first-order chi connectivity index (χ1) is 10.1. The van der Waals surface area contributed by atoms with E-state index in [2.05, 4.69) is 42.4 Å². The molecule has 0 amide bonds. The molecule has 3 nitrogen and oxygen atoms in total. The van der Waals surface area contributed by atoms with Crippen LogP contribution in [-0.2, 0) is 6.54 Å². The summed E-state index contributed by atoms with van der Waals surface area (Å²) in [7, 11) is 5.99. The van der Waals surface area contributed by atoms with Crippen molar-refractivity contribution in [3.8, 4) is 5.75 Å². The highest BCUT2D eigenvalue weighted by molar-refractivity contribution is 5.38. The van der Waals surface area contributed by atoms with E-state index in [-0.39, 0.29) is 0 Å². The molecule has 0 aromatic heterocycles. The van der Waals surface area contributed by atoms with Crippen LogP contribution in [0.2, 0.25) is 0 Å². The molecule has 3 heteroatoms. The van der Waals surface area contributed by atoms with Crippen molar-refractivity contribution in [1.29, 1.82) is 0 Å². The van der Waals surface area contributed by atoms with Gasteiger partial charge in [-0.15, -0.1) is 0 Å². The second-order valence-electron chi connectivity index (χ2n) is 6.43. The minimum absolute atomic E-state index is 0.370. The van der Waals surface area contributed by atoms with Gasteiger partial charge in [0.15, 0.2) is 0 Å². The van der Waals surface area contributed by atoms with Crippen LogP contribution in [0.5, 0.6) is 5.75 Å². The van der Waals surface area contributed by atoms with Crippen LogP contribution in [0.4, 0.5) is 0 Å². The Hall–Kier alpha value is -1.06. The highest BCUT2D eigenvalue weighted by atomic mass is 16.5. The lowest BCUT2D eigenvalue weighted by Crippen LogP contribution is -2.24. The smallest absolute Gasteiger partial charge is 0.123 e. The molecule has 0 radical (unpaired) electrons. The molecule has 1 aromatic carbocycles. The Morgan fingerprint density at radius 1 is 1.33 bits per heavy atom. The van der Waals surface area contributed by atoms with E-state index >= 15 is 0 Å². The molecule has 1 atom stereocenters. The van der Waals surface area contributed by atoms with Gasteiger partial charge in [0.2, 0.25) is 0 Å². The Kier molecular flexibility index (Phi) is 6.07. The summed E-state index contributed by atoms with van der Waals surface area (Å²) in [6, 6.07) is 6.91. The molecule has 0 spiro atoms. The summed E-state index contributed by atoms with van der Waals surface area (Å²) in [4.78, 5) is 2.45. The zero-order valence-electron chi connectivity index (χ0n) is 14.0. The third kappa shape index (κ3) is 4.45. The summed E-state index contributed by atoms with van der Waals surface area (Å²) in [5.74, 6) is 1.89. The Bertz CT molecular complexity index is 441. The van der Waals surface area contributed by atoms with Crippen molar-refractivity contribution < 1.29 is 4.74 Å². The second-order valence-corrected chi connectivity index (χ2v) is 6.43. The molecule has 1 fully saturated rings. The number of nitrogens with zero attached hydrogens (tertiary/aromatic N) is 1. The Morgan fingerprint density at radius 2 is 2.05 bits per heavy atom. The van der Waals surface area contributed by atoms with Gasteiger partial charge in [0.1, 0.15) is 5.75 Å². The van der Waals surface area contributed by atoms with E-state index in [1.807, 2.05) is 7.05 Å². The van der Waals surface area contributed by atoms with Crippen molar-refractivity contribution in [3.05, 3.63) is 29.3 Å². The number of rotatable bonds is 7. The maximum atomic E-state index is 5.54. The van der Waals surface area contributed by atoms with Gasteiger partial charge < -0.3 is 15.0 Å². The van der Waals surface area contributed by atoms with E-state index < -0.39 is 0 Å². The molecule has 2 rings (SSSR count). The average molecular weight is 290 g/mol. The van der Waals surface area contributed by atoms with Crippen LogP contribution in [0.15, 0.2) is 18.2 Å². The zero-order valence-corrected chi connectivity index (χ0v) is 14.0. The largest absolute Gasteiger partial charge is 0.496 e. The van der Waals surface area contributed by atoms with E-state index in [4.69, 9.17) is 4.74 Å². The number of ether oxygens (including phenoxy) is 1. The maximum Gasteiger partial charge on any atom is 0.123 e. The van der Waals surface area contributed by atoms with Crippen molar-refractivity contribution in [2.75, 3.05) is 27.7 Å². The van der Waals surface area contributed by atoms with Gasteiger partial charge in [-0.3, -0.25) is 0 Å². The summed E-state index contributed by atoms with van der Waals surface area (Å²) in [5, 5.41) is 3.30. The van der Waals surface area contributed by atoms with Crippen molar-refractivity contribution >= 4 is 0 Å². The number of hydrogen-bond donors (Lipinski definition) is 1. The predicted octanol–water partition coefficient (Wildman–Crippen LogP) is 3.60. The minimum Gasteiger partial charge on any atom is -0.496 e. The summed E-state index contributed by atoms with van der Waals surface area (Å²) in [6.07, 6.45) is 5.63. The lowest BCUT2D eigenvalue weighted by molar-refractivity contribution is 0.267. The molecule has 0 aliphatic heterocycles. The molecule has 1 saturated carbocycles. The SMILES string of the molecule is CNC(C)c1ccc(OC)c(CN(C)CC2CCCC2)c1. The minimum atomic E-state index is 0.370. The first kappa shape index (κ1) is 16.3. The van der Waals surface area contributed by atoms with Crippen LogP contribution in [-0.4, -0.2) is 32.6 Å². The molecular formula is C18H30N2O. The van der Waals surface area contributed by atoms with Crippen LogP contribution in [0.1, 0.15) is 49.8 Å².